The van der Waals surface area contributed by atoms with Crippen LogP contribution in [0.4, 0.5) is 0 Å². The van der Waals surface area contributed by atoms with Crippen LogP contribution in [0.15, 0.2) is 0 Å². The van der Waals surface area contributed by atoms with Crippen molar-refractivity contribution in [2.75, 3.05) is 0 Å². The molecule has 0 aliphatic heterocycles. The first-order valence-electron chi connectivity index (χ1n) is 4.62. The second-order valence-corrected chi connectivity index (χ2v) is 3.49. The van der Waals surface area contributed by atoms with Gasteiger partial charge in [0, 0.05) is 12.8 Å². The molecule has 64 valence electrons. The third-order valence-corrected chi connectivity index (χ3v) is 2.83. The van der Waals surface area contributed by atoms with Crippen LogP contribution in [0.5, 0.6) is 0 Å². The van der Waals surface area contributed by atoms with E-state index < -0.39 is 0 Å². The van der Waals surface area contributed by atoms with E-state index in [0.29, 0.717) is 12.8 Å². The van der Waals surface area contributed by atoms with Gasteiger partial charge in [0.15, 0.2) is 0 Å². The SMILES string of the molecule is N#CCC[C@@H]1CC[C@@H]1CCC#N. The van der Waals surface area contributed by atoms with Crippen molar-refractivity contribution in [2.24, 2.45) is 11.8 Å². The number of nitriles is 2. The van der Waals surface area contributed by atoms with Crippen LogP contribution < -0.4 is 0 Å². The van der Waals surface area contributed by atoms with Gasteiger partial charge >= 0.3 is 0 Å². The molecular weight excluding hydrogens is 148 g/mol. The van der Waals surface area contributed by atoms with Gasteiger partial charge in [0.2, 0.25) is 0 Å². The molecule has 1 aliphatic carbocycles. The molecule has 0 radical (unpaired) electrons. The standard InChI is InChI=1S/C10H14N2/c11-7-1-3-9-5-6-10(9)4-2-8-12/h9-10H,1-6H2/t9-,10+. The van der Waals surface area contributed by atoms with Crippen LogP contribution in [0.1, 0.15) is 38.5 Å². The fraction of sp³-hybridized carbons (Fsp3) is 0.800. The van der Waals surface area contributed by atoms with Crippen LogP contribution in [-0.2, 0) is 0 Å². The lowest BCUT2D eigenvalue weighted by atomic mass is 9.69. The number of nitrogens with zero attached hydrogens (tertiary/aromatic N) is 2. The molecule has 0 spiro atoms. The van der Waals surface area contributed by atoms with Gasteiger partial charge in [-0.3, -0.25) is 0 Å². The molecule has 0 amide bonds. The minimum absolute atomic E-state index is 0.688. The molecule has 0 saturated heterocycles. The number of hydrogen-bond donors (Lipinski definition) is 0. The average Bonchev–Trinajstić information content (AvgIpc) is 2.04. The minimum atomic E-state index is 0.688. The largest absolute Gasteiger partial charge is 0.198 e. The molecule has 2 atom stereocenters. The Bertz CT molecular complexity index is 185. The Kier molecular flexibility index (Phi) is 3.61. The van der Waals surface area contributed by atoms with E-state index in [1.165, 1.54) is 12.8 Å². The third kappa shape index (κ3) is 2.24. The van der Waals surface area contributed by atoms with Gasteiger partial charge in [-0.25, -0.2) is 0 Å². The molecule has 0 aromatic rings. The van der Waals surface area contributed by atoms with Gasteiger partial charge < -0.3 is 0 Å². The summed E-state index contributed by atoms with van der Waals surface area (Å²) in [5.74, 6) is 1.50. The molecule has 2 heteroatoms. The molecule has 0 aromatic heterocycles. The Morgan fingerprint density at radius 2 is 1.33 bits per heavy atom. The summed E-state index contributed by atoms with van der Waals surface area (Å²) in [5.41, 5.74) is 0. The fourth-order valence-electron chi connectivity index (χ4n) is 1.90. The van der Waals surface area contributed by atoms with Gasteiger partial charge in [-0.2, -0.15) is 10.5 Å². The normalized spacial score (nSPS) is 26.8. The summed E-state index contributed by atoms with van der Waals surface area (Å²) in [4.78, 5) is 0. The zero-order chi connectivity index (χ0) is 8.81. The van der Waals surface area contributed by atoms with E-state index in [4.69, 9.17) is 10.5 Å². The molecule has 2 nitrogen and oxygen atoms in total. The highest BCUT2D eigenvalue weighted by molar-refractivity contribution is 4.85. The molecule has 12 heavy (non-hydrogen) atoms. The van der Waals surface area contributed by atoms with Crippen LogP contribution in [-0.4, -0.2) is 0 Å². The summed E-state index contributed by atoms with van der Waals surface area (Å²) < 4.78 is 0. The van der Waals surface area contributed by atoms with Gasteiger partial charge in [0.05, 0.1) is 12.1 Å². The molecule has 1 saturated carbocycles. The summed E-state index contributed by atoms with van der Waals surface area (Å²) in [5, 5.41) is 16.8. The van der Waals surface area contributed by atoms with E-state index in [1.54, 1.807) is 0 Å². The molecule has 1 fully saturated rings. The Hall–Kier alpha value is -1.02. The number of rotatable bonds is 4. The zero-order valence-electron chi connectivity index (χ0n) is 7.29. The van der Waals surface area contributed by atoms with Crippen LogP contribution in [0, 0.1) is 34.5 Å². The predicted molar refractivity (Wildman–Crippen MR) is 45.9 cm³/mol. The number of hydrogen-bond acceptors (Lipinski definition) is 2. The van der Waals surface area contributed by atoms with E-state index in [0.717, 1.165) is 24.7 Å². The van der Waals surface area contributed by atoms with Gasteiger partial charge in [0.25, 0.3) is 0 Å². The Morgan fingerprint density at radius 3 is 1.58 bits per heavy atom. The summed E-state index contributed by atoms with van der Waals surface area (Å²) in [7, 11) is 0. The van der Waals surface area contributed by atoms with Gasteiger partial charge in [0.1, 0.15) is 0 Å². The van der Waals surface area contributed by atoms with Crippen molar-refractivity contribution in [3.63, 3.8) is 0 Å². The van der Waals surface area contributed by atoms with E-state index >= 15 is 0 Å². The highest BCUT2D eigenvalue weighted by Crippen LogP contribution is 2.40. The van der Waals surface area contributed by atoms with Crippen molar-refractivity contribution in [3.8, 4) is 12.1 Å². The quantitative estimate of drug-likeness (QED) is 0.638. The van der Waals surface area contributed by atoms with Crippen molar-refractivity contribution in [3.05, 3.63) is 0 Å². The molecule has 1 aliphatic rings. The zero-order valence-corrected chi connectivity index (χ0v) is 7.29. The summed E-state index contributed by atoms with van der Waals surface area (Å²) in [6.07, 6.45) is 6.02. The molecule has 0 heterocycles. The molecule has 0 bridgehead atoms. The third-order valence-electron chi connectivity index (χ3n) is 2.83. The maximum Gasteiger partial charge on any atom is 0.0621 e. The van der Waals surface area contributed by atoms with Crippen molar-refractivity contribution in [1.29, 1.82) is 10.5 Å². The monoisotopic (exact) mass is 162 g/mol. The predicted octanol–water partition coefficient (Wildman–Crippen LogP) is 2.62. The van der Waals surface area contributed by atoms with Crippen LogP contribution >= 0.6 is 0 Å². The van der Waals surface area contributed by atoms with E-state index in [1.807, 2.05) is 0 Å². The summed E-state index contributed by atoms with van der Waals surface area (Å²) in [6.45, 7) is 0. The smallest absolute Gasteiger partial charge is 0.0621 e. The maximum absolute atomic E-state index is 8.39. The van der Waals surface area contributed by atoms with Crippen molar-refractivity contribution in [1.82, 2.24) is 0 Å². The minimum Gasteiger partial charge on any atom is -0.198 e. The molecular formula is C10H14N2. The van der Waals surface area contributed by atoms with Gasteiger partial charge in [-0.05, 0) is 37.5 Å². The molecule has 0 N–H and O–H groups in total. The fourth-order valence-corrected chi connectivity index (χ4v) is 1.90. The second kappa shape index (κ2) is 4.78. The first-order valence-corrected chi connectivity index (χ1v) is 4.62. The topological polar surface area (TPSA) is 47.6 Å². The van der Waals surface area contributed by atoms with Crippen molar-refractivity contribution < 1.29 is 0 Å². The first kappa shape index (κ1) is 9.07. The Labute approximate surface area is 73.8 Å². The molecule has 1 rings (SSSR count). The molecule has 0 aromatic carbocycles. The lowest BCUT2D eigenvalue weighted by Crippen LogP contribution is -2.25. The molecule has 0 unspecified atom stereocenters. The highest BCUT2D eigenvalue weighted by atomic mass is 14.4. The van der Waals surface area contributed by atoms with Crippen LogP contribution in [0.25, 0.3) is 0 Å². The van der Waals surface area contributed by atoms with E-state index in [2.05, 4.69) is 12.1 Å². The van der Waals surface area contributed by atoms with Crippen LogP contribution in [0.3, 0.4) is 0 Å². The lowest BCUT2D eigenvalue weighted by Gasteiger charge is -2.36. The average molecular weight is 162 g/mol. The Balaban J connectivity index is 2.13. The van der Waals surface area contributed by atoms with E-state index in [9.17, 15) is 0 Å². The maximum atomic E-state index is 8.39. The summed E-state index contributed by atoms with van der Waals surface area (Å²) >= 11 is 0. The van der Waals surface area contributed by atoms with Gasteiger partial charge in [-0.15, -0.1) is 0 Å². The van der Waals surface area contributed by atoms with Crippen molar-refractivity contribution >= 4 is 0 Å². The lowest BCUT2D eigenvalue weighted by molar-refractivity contribution is 0.156. The van der Waals surface area contributed by atoms with E-state index in [-0.39, 0.29) is 0 Å². The Morgan fingerprint density at radius 1 is 0.917 bits per heavy atom. The summed E-state index contributed by atoms with van der Waals surface area (Å²) in [6, 6.07) is 4.36. The van der Waals surface area contributed by atoms with Crippen LogP contribution in [0.2, 0.25) is 0 Å². The highest BCUT2D eigenvalue weighted by Gasteiger charge is 2.29. The van der Waals surface area contributed by atoms with Crippen molar-refractivity contribution in [2.45, 2.75) is 38.5 Å². The second-order valence-electron chi connectivity index (χ2n) is 3.49. The van der Waals surface area contributed by atoms with Gasteiger partial charge in [-0.1, -0.05) is 0 Å². The first-order chi connectivity index (χ1) is 5.88.